The molecule has 0 spiro atoms. The van der Waals surface area contributed by atoms with Crippen LogP contribution in [0.2, 0.25) is 0 Å². The van der Waals surface area contributed by atoms with Crippen LogP contribution in [0.5, 0.6) is 0 Å². The van der Waals surface area contributed by atoms with Crippen LogP contribution < -0.4 is 10.6 Å². The van der Waals surface area contributed by atoms with E-state index >= 15 is 0 Å². The maximum absolute atomic E-state index is 13.0. The Balaban J connectivity index is 2.01. The van der Waals surface area contributed by atoms with Crippen molar-refractivity contribution < 1.29 is 31.1 Å². The van der Waals surface area contributed by atoms with E-state index in [1.807, 2.05) is 13.8 Å². The van der Waals surface area contributed by atoms with Crippen molar-refractivity contribution in [1.29, 1.82) is 0 Å². The second-order valence-electron chi connectivity index (χ2n) is 8.21. The van der Waals surface area contributed by atoms with E-state index in [9.17, 15) is 31.1 Å². The van der Waals surface area contributed by atoms with Crippen LogP contribution in [0.4, 0.5) is 26.3 Å². The van der Waals surface area contributed by atoms with Crippen LogP contribution in [-0.2, 0) is 23.7 Å². The van der Waals surface area contributed by atoms with E-state index in [2.05, 4.69) is 15.5 Å². The third-order valence-corrected chi connectivity index (χ3v) is 5.30. The van der Waals surface area contributed by atoms with E-state index in [1.54, 1.807) is 0 Å². The average molecular weight is 453 g/mol. The number of likely N-dealkylation sites (tertiary alicyclic amines) is 1. The molecule has 1 fully saturated rings. The van der Waals surface area contributed by atoms with Gasteiger partial charge in [-0.25, -0.2) is 0 Å². The molecule has 0 aromatic heterocycles. The molecule has 1 aliphatic heterocycles. The number of carbonyl (C=O) groups is 1. The van der Waals surface area contributed by atoms with E-state index in [1.165, 1.54) is 6.42 Å². The number of nitrogens with zero attached hydrogens (tertiary/aromatic N) is 1. The summed E-state index contributed by atoms with van der Waals surface area (Å²) < 4.78 is 78.0. The highest BCUT2D eigenvalue weighted by Crippen LogP contribution is 2.36. The Morgan fingerprint density at radius 1 is 0.968 bits per heavy atom. The summed E-state index contributed by atoms with van der Waals surface area (Å²) in [5, 5.41) is 5.64. The van der Waals surface area contributed by atoms with Gasteiger partial charge in [0.2, 0.25) is 5.91 Å². The van der Waals surface area contributed by atoms with Gasteiger partial charge in [0.05, 0.1) is 17.2 Å². The minimum atomic E-state index is -4.92. The summed E-state index contributed by atoms with van der Waals surface area (Å²) >= 11 is 0. The van der Waals surface area contributed by atoms with Crippen LogP contribution in [-0.4, -0.2) is 43.0 Å². The first-order valence-corrected chi connectivity index (χ1v) is 10.4. The summed E-state index contributed by atoms with van der Waals surface area (Å²) in [6, 6.07) is 0.732. The molecule has 176 valence electrons. The van der Waals surface area contributed by atoms with Crippen molar-refractivity contribution >= 4 is 5.91 Å². The first-order chi connectivity index (χ1) is 14.4. The maximum Gasteiger partial charge on any atom is 0.416 e. The second-order valence-corrected chi connectivity index (χ2v) is 8.21. The van der Waals surface area contributed by atoms with Gasteiger partial charge in [0.1, 0.15) is 0 Å². The van der Waals surface area contributed by atoms with Crippen molar-refractivity contribution in [2.24, 2.45) is 5.92 Å². The fourth-order valence-corrected chi connectivity index (χ4v) is 3.61. The smallest absolute Gasteiger partial charge is 0.351 e. The highest BCUT2D eigenvalue weighted by atomic mass is 19.4. The van der Waals surface area contributed by atoms with Crippen LogP contribution >= 0.6 is 0 Å². The van der Waals surface area contributed by atoms with Crippen molar-refractivity contribution in [3.63, 3.8) is 0 Å². The predicted octanol–water partition coefficient (Wildman–Crippen LogP) is 4.44. The molecule has 1 heterocycles. The largest absolute Gasteiger partial charge is 0.416 e. The molecule has 1 amide bonds. The van der Waals surface area contributed by atoms with Crippen LogP contribution in [0.15, 0.2) is 18.2 Å². The number of nitrogens with one attached hydrogen (secondary N) is 2. The fraction of sp³-hybridized carbons (Fsp3) is 0.667. The molecule has 1 aliphatic rings. The molecule has 0 unspecified atom stereocenters. The zero-order valence-electron chi connectivity index (χ0n) is 17.7. The summed E-state index contributed by atoms with van der Waals surface area (Å²) in [7, 11) is 0. The minimum absolute atomic E-state index is 0.0738. The zero-order valence-corrected chi connectivity index (χ0v) is 17.7. The first-order valence-electron chi connectivity index (χ1n) is 10.4. The molecule has 1 atom stereocenters. The Hall–Kier alpha value is -1.81. The van der Waals surface area contributed by atoms with Crippen LogP contribution in [0, 0.1) is 5.92 Å². The molecule has 0 aliphatic carbocycles. The summed E-state index contributed by atoms with van der Waals surface area (Å²) in [5.41, 5.74) is -3.05. The van der Waals surface area contributed by atoms with Gasteiger partial charge in [-0.2, -0.15) is 26.3 Å². The van der Waals surface area contributed by atoms with Gasteiger partial charge in [-0.3, -0.25) is 4.79 Å². The Kier molecular flexibility index (Phi) is 8.76. The third-order valence-electron chi connectivity index (χ3n) is 5.30. The van der Waals surface area contributed by atoms with Gasteiger partial charge in [-0.15, -0.1) is 0 Å². The molecule has 1 aromatic carbocycles. The molecule has 2 N–H and O–H groups in total. The van der Waals surface area contributed by atoms with Crippen molar-refractivity contribution in [2.45, 2.75) is 58.0 Å². The van der Waals surface area contributed by atoms with E-state index < -0.39 is 42.0 Å². The van der Waals surface area contributed by atoms with Crippen LogP contribution in [0.3, 0.4) is 0 Å². The molecule has 0 saturated carbocycles. The van der Waals surface area contributed by atoms with Crippen LogP contribution in [0.1, 0.15) is 49.8 Å². The number of alkyl halides is 6. The maximum atomic E-state index is 13.0. The van der Waals surface area contributed by atoms with Gasteiger partial charge in [-0.1, -0.05) is 20.3 Å². The predicted molar refractivity (Wildman–Crippen MR) is 105 cm³/mol. The lowest BCUT2D eigenvalue weighted by atomic mass is 10.0. The molecule has 0 bridgehead atoms. The molecule has 1 aromatic rings. The van der Waals surface area contributed by atoms with E-state index in [0.29, 0.717) is 18.7 Å². The first kappa shape index (κ1) is 25.5. The number of amides is 1. The van der Waals surface area contributed by atoms with Gasteiger partial charge in [-0.05, 0) is 55.6 Å². The summed E-state index contributed by atoms with van der Waals surface area (Å²) in [5.74, 6) is -0.562. The van der Waals surface area contributed by atoms with Crippen molar-refractivity contribution in [1.82, 2.24) is 15.5 Å². The lowest BCUT2D eigenvalue weighted by Crippen LogP contribution is -2.49. The number of rotatable bonds is 8. The van der Waals surface area contributed by atoms with Crippen molar-refractivity contribution in [2.75, 3.05) is 26.2 Å². The molecule has 2 rings (SSSR count). The molecule has 31 heavy (non-hydrogen) atoms. The molecule has 10 heteroatoms. The molecular weight excluding hydrogens is 424 g/mol. The van der Waals surface area contributed by atoms with Crippen molar-refractivity contribution in [3.05, 3.63) is 34.9 Å². The summed E-state index contributed by atoms with van der Waals surface area (Å²) in [6.45, 7) is 6.59. The highest BCUT2D eigenvalue weighted by Gasteiger charge is 2.37. The van der Waals surface area contributed by atoms with Gasteiger partial charge >= 0.3 is 12.4 Å². The Morgan fingerprint density at radius 2 is 1.52 bits per heavy atom. The number of benzene rings is 1. The summed E-state index contributed by atoms with van der Waals surface area (Å²) in [6.07, 6.45) is -6.34. The van der Waals surface area contributed by atoms with Gasteiger partial charge in [0.25, 0.3) is 0 Å². The average Bonchev–Trinajstić information content (AvgIpc) is 2.68. The number of hydrogen-bond acceptors (Lipinski definition) is 3. The number of piperidine rings is 1. The third kappa shape index (κ3) is 7.99. The lowest BCUT2D eigenvalue weighted by molar-refractivity contribution is -0.143. The quantitative estimate of drug-likeness (QED) is 0.572. The van der Waals surface area contributed by atoms with E-state index in [-0.39, 0.29) is 17.5 Å². The minimum Gasteiger partial charge on any atom is -0.351 e. The number of carbonyl (C=O) groups excluding carboxylic acids is 1. The Morgan fingerprint density at radius 3 is 2.00 bits per heavy atom. The fourth-order valence-electron chi connectivity index (χ4n) is 3.61. The molecule has 1 saturated heterocycles. The normalized spacial score (nSPS) is 17.1. The van der Waals surface area contributed by atoms with E-state index in [4.69, 9.17) is 0 Å². The Labute approximate surface area is 178 Å². The van der Waals surface area contributed by atoms with Gasteiger partial charge in [0.15, 0.2) is 0 Å². The molecule has 4 nitrogen and oxygen atoms in total. The highest BCUT2D eigenvalue weighted by molar-refractivity contribution is 5.82. The molecular formula is C21H29F6N3O. The standard InChI is InChI=1S/C21H29F6N3O/c1-14(2)18(28-6-9-30-7-4-3-5-8-30)19(31)29-13-15-10-16(20(22,23)24)12-17(11-15)21(25,26)27/h10-12,14,18,28H,3-9,13H2,1-2H3,(H,29,31)/t18-/m0/s1. The van der Waals surface area contributed by atoms with Gasteiger partial charge < -0.3 is 15.5 Å². The Bertz CT molecular complexity index is 695. The SMILES string of the molecule is CC(C)[C@H](NCCN1CCCCC1)C(=O)NCc1cc(C(F)(F)F)cc(C(F)(F)F)c1. The van der Waals surface area contributed by atoms with Crippen LogP contribution in [0.25, 0.3) is 0 Å². The summed E-state index contributed by atoms with van der Waals surface area (Å²) in [4.78, 5) is 14.9. The topological polar surface area (TPSA) is 44.4 Å². The number of hydrogen-bond donors (Lipinski definition) is 2. The van der Waals surface area contributed by atoms with E-state index in [0.717, 1.165) is 32.5 Å². The second kappa shape index (κ2) is 10.7. The van der Waals surface area contributed by atoms with Gasteiger partial charge in [0, 0.05) is 19.6 Å². The molecule has 0 radical (unpaired) electrons. The number of halogens is 6. The lowest BCUT2D eigenvalue weighted by Gasteiger charge is -2.28. The zero-order chi connectivity index (χ0) is 23.2. The monoisotopic (exact) mass is 453 g/mol. The van der Waals surface area contributed by atoms with Crippen molar-refractivity contribution in [3.8, 4) is 0 Å².